The number of hydrogen-bond acceptors (Lipinski definition) is 3. The predicted molar refractivity (Wildman–Crippen MR) is 67.1 cm³/mol. The van der Waals surface area contributed by atoms with Gasteiger partial charge in [0.15, 0.2) is 0 Å². The van der Waals surface area contributed by atoms with E-state index in [-0.39, 0.29) is 17.6 Å². The van der Waals surface area contributed by atoms with Crippen molar-refractivity contribution in [1.29, 1.82) is 0 Å². The van der Waals surface area contributed by atoms with Gasteiger partial charge in [-0.3, -0.25) is 4.79 Å². The second kappa shape index (κ2) is 6.35. The summed E-state index contributed by atoms with van der Waals surface area (Å²) in [4.78, 5) is 11.1. The van der Waals surface area contributed by atoms with Crippen LogP contribution in [-0.2, 0) is 14.8 Å². The zero-order chi connectivity index (χ0) is 12.9. The molecule has 1 saturated heterocycles. The molecule has 6 heteroatoms. The standard InChI is InChI=1S/C11H22N2O3S/c1-3-11(14)12-8-10-6-5-7-13(9-10)17(15,16)4-2/h10H,3-9H2,1-2H3,(H,12,14). The lowest BCUT2D eigenvalue weighted by Crippen LogP contribution is -2.44. The van der Waals surface area contributed by atoms with Crippen LogP contribution in [0, 0.1) is 5.92 Å². The van der Waals surface area contributed by atoms with E-state index in [0.717, 1.165) is 12.8 Å². The minimum atomic E-state index is -3.08. The zero-order valence-corrected chi connectivity index (χ0v) is 11.4. The van der Waals surface area contributed by atoms with Crippen molar-refractivity contribution in [1.82, 2.24) is 9.62 Å². The second-order valence-corrected chi connectivity index (χ2v) is 6.68. The molecular weight excluding hydrogens is 240 g/mol. The first kappa shape index (κ1) is 14.4. The van der Waals surface area contributed by atoms with Gasteiger partial charge in [0, 0.05) is 26.1 Å². The molecule has 1 N–H and O–H groups in total. The Morgan fingerprint density at radius 3 is 2.71 bits per heavy atom. The highest BCUT2D eigenvalue weighted by molar-refractivity contribution is 7.89. The summed E-state index contributed by atoms with van der Waals surface area (Å²) in [6.07, 6.45) is 2.34. The molecule has 1 aliphatic heterocycles. The van der Waals surface area contributed by atoms with Crippen LogP contribution >= 0.6 is 0 Å². The highest BCUT2D eigenvalue weighted by Crippen LogP contribution is 2.18. The maximum atomic E-state index is 11.7. The number of hydrogen-bond donors (Lipinski definition) is 1. The summed E-state index contributed by atoms with van der Waals surface area (Å²) < 4.78 is 25.0. The van der Waals surface area contributed by atoms with Crippen LogP contribution in [0.5, 0.6) is 0 Å². The number of piperidine rings is 1. The van der Waals surface area contributed by atoms with Gasteiger partial charge in [0.25, 0.3) is 0 Å². The number of amides is 1. The lowest BCUT2D eigenvalue weighted by Gasteiger charge is -2.31. The van der Waals surface area contributed by atoms with Gasteiger partial charge in [-0.15, -0.1) is 0 Å². The molecule has 0 aromatic carbocycles. The molecule has 0 saturated carbocycles. The minimum absolute atomic E-state index is 0.0282. The molecule has 100 valence electrons. The van der Waals surface area contributed by atoms with E-state index < -0.39 is 10.0 Å². The van der Waals surface area contributed by atoms with Crippen LogP contribution < -0.4 is 5.32 Å². The molecule has 1 amide bonds. The van der Waals surface area contributed by atoms with Crippen molar-refractivity contribution >= 4 is 15.9 Å². The Labute approximate surface area is 104 Å². The average Bonchev–Trinajstić information content (AvgIpc) is 2.36. The van der Waals surface area contributed by atoms with Crippen LogP contribution in [-0.4, -0.2) is 44.0 Å². The molecule has 17 heavy (non-hydrogen) atoms. The third-order valence-electron chi connectivity index (χ3n) is 3.15. The molecule has 1 fully saturated rings. The lowest BCUT2D eigenvalue weighted by molar-refractivity contribution is -0.121. The first-order valence-corrected chi connectivity index (χ1v) is 7.85. The third kappa shape index (κ3) is 4.27. The molecule has 0 radical (unpaired) electrons. The number of nitrogens with zero attached hydrogens (tertiary/aromatic N) is 1. The van der Waals surface area contributed by atoms with E-state index in [4.69, 9.17) is 0 Å². The smallest absolute Gasteiger partial charge is 0.219 e. The molecule has 1 heterocycles. The summed E-state index contributed by atoms with van der Waals surface area (Å²) in [6.45, 7) is 5.22. The average molecular weight is 262 g/mol. The summed E-state index contributed by atoms with van der Waals surface area (Å²) >= 11 is 0. The molecule has 0 spiro atoms. The summed E-state index contributed by atoms with van der Waals surface area (Å²) in [7, 11) is -3.08. The Kier molecular flexibility index (Phi) is 5.39. The fraction of sp³-hybridized carbons (Fsp3) is 0.909. The Bertz CT molecular complexity index is 354. The Morgan fingerprint density at radius 2 is 2.12 bits per heavy atom. The van der Waals surface area contributed by atoms with Crippen LogP contribution in [0.1, 0.15) is 33.1 Å². The van der Waals surface area contributed by atoms with Crippen molar-refractivity contribution in [2.75, 3.05) is 25.4 Å². The number of carbonyl (C=O) groups excluding carboxylic acids is 1. The molecule has 1 unspecified atom stereocenters. The van der Waals surface area contributed by atoms with Crippen LogP contribution in [0.4, 0.5) is 0 Å². The third-order valence-corrected chi connectivity index (χ3v) is 5.00. The van der Waals surface area contributed by atoms with E-state index in [9.17, 15) is 13.2 Å². The van der Waals surface area contributed by atoms with Gasteiger partial charge >= 0.3 is 0 Å². The zero-order valence-electron chi connectivity index (χ0n) is 10.6. The fourth-order valence-corrected chi connectivity index (χ4v) is 3.22. The largest absolute Gasteiger partial charge is 0.356 e. The van der Waals surface area contributed by atoms with Gasteiger partial charge < -0.3 is 5.32 Å². The number of rotatable bonds is 5. The van der Waals surface area contributed by atoms with Gasteiger partial charge in [-0.1, -0.05) is 6.92 Å². The summed E-state index contributed by atoms with van der Waals surface area (Å²) in [5, 5.41) is 2.83. The van der Waals surface area contributed by atoms with E-state index in [1.807, 2.05) is 6.92 Å². The molecule has 0 bridgehead atoms. The van der Waals surface area contributed by atoms with Crippen molar-refractivity contribution in [2.24, 2.45) is 5.92 Å². The van der Waals surface area contributed by atoms with Crippen molar-refractivity contribution in [2.45, 2.75) is 33.1 Å². The highest BCUT2D eigenvalue weighted by Gasteiger charge is 2.27. The molecule has 1 rings (SSSR count). The lowest BCUT2D eigenvalue weighted by atomic mass is 10.00. The van der Waals surface area contributed by atoms with Gasteiger partial charge in [-0.25, -0.2) is 12.7 Å². The highest BCUT2D eigenvalue weighted by atomic mass is 32.2. The van der Waals surface area contributed by atoms with E-state index in [1.54, 1.807) is 11.2 Å². The minimum Gasteiger partial charge on any atom is -0.356 e. The van der Waals surface area contributed by atoms with Crippen molar-refractivity contribution in [3.05, 3.63) is 0 Å². The van der Waals surface area contributed by atoms with E-state index in [0.29, 0.717) is 26.1 Å². The van der Waals surface area contributed by atoms with Gasteiger partial charge in [-0.2, -0.15) is 0 Å². The summed E-state index contributed by atoms with van der Waals surface area (Å²) in [5.74, 6) is 0.433. The Hall–Kier alpha value is -0.620. The van der Waals surface area contributed by atoms with Crippen molar-refractivity contribution in [3.63, 3.8) is 0 Å². The van der Waals surface area contributed by atoms with E-state index in [1.165, 1.54) is 0 Å². The molecule has 0 aliphatic carbocycles. The molecular formula is C11H22N2O3S. The quantitative estimate of drug-likeness (QED) is 0.788. The topological polar surface area (TPSA) is 66.5 Å². The molecule has 5 nitrogen and oxygen atoms in total. The number of carbonyl (C=O) groups is 1. The van der Waals surface area contributed by atoms with Crippen molar-refractivity contribution in [3.8, 4) is 0 Å². The van der Waals surface area contributed by atoms with Gasteiger partial charge in [0.05, 0.1) is 5.75 Å². The molecule has 0 aromatic heterocycles. The first-order valence-electron chi connectivity index (χ1n) is 6.24. The van der Waals surface area contributed by atoms with Gasteiger partial charge in [0.1, 0.15) is 0 Å². The normalized spacial score (nSPS) is 22.4. The van der Waals surface area contributed by atoms with Crippen LogP contribution in [0.3, 0.4) is 0 Å². The van der Waals surface area contributed by atoms with Gasteiger partial charge in [0.2, 0.25) is 15.9 Å². The molecule has 1 atom stereocenters. The molecule has 0 aromatic rings. The number of nitrogens with one attached hydrogen (secondary N) is 1. The van der Waals surface area contributed by atoms with E-state index >= 15 is 0 Å². The summed E-state index contributed by atoms with van der Waals surface area (Å²) in [6, 6.07) is 0. The second-order valence-electron chi connectivity index (χ2n) is 4.42. The van der Waals surface area contributed by atoms with Crippen LogP contribution in [0.25, 0.3) is 0 Å². The molecule has 1 aliphatic rings. The first-order chi connectivity index (χ1) is 7.99. The van der Waals surface area contributed by atoms with Crippen LogP contribution in [0.2, 0.25) is 0 Å². The maximum Gasteiger partial charge on any atom is 0.219 e. The predicted octanol–water partition coefficient (Wildman–Crippen LogP) is 0.574. The van der Waals surface area contributed by atoms with E-state index in [2.05, 4.69) is 5.32 Å². The summed E-state index contributed by atoms with van der Waals surface area (Å²) in [5.41, 5.74) is 0. The van der Waals surface area contributed by atoms with Crippen LogP contribution in [0.15, 0.2) is 0 Å². The van der Waals surface area contributed by atoms with Crippen molar-refractivity contribution < 1.29 is 13.2 Å². The Morgan fingerprint density at radius 1 is 1.41 bits per heavy atom. The number of sulfonamides is 1. The fourth-order valence-electron chi connectivity index (χ4n) is 2.01. The maximum absolute atomic E-state index is 11.7. The SMILES string of the molecule is CCC(=O)NCC1CCCN(S(=O)(=O)CC)C1. The monoisotopic (exact) mass is 262 g/mol. The Balaban J connectivity index is 2.47. The van der Waals surface area contributed by atoms with Gasteiger partial charge in [-0.05, 0) is 25.7 Å².